The van der Waals surface area contributed by atoms with Crippen molar-refractivity contribution in [1.29, 1.82) is 0 Å². The lowest BCUT2D eigenvalue weighted by Crippen LogP contribution is -2.46. The maximum Gasteiger partial charge on any atom is 0.279 e. The van der Waals surface area contributed by atoms with Crippen LogP contribution in [0.1, 0.15) is 25.8 Å². The van der Waals surface area contributed by atoms with Crippen LogP contribution in [0.5, 0.6) is 0 Å². The largest absolute Gasteiger partial charge is 0.345 e. The smallest absolute Gasteiger partial charge is 0.279 e. The Balaban J connectivity index is 0.00000312. The molecule has 1 aromatic carbocycles. The summed E-state index contributed by atoms with van der Waals surface area (Å²) in [6.07, 6.45) is 1.06. The lowest BCUT2D eigenvalue weighted by molar-refractivity contribution is 0.127. The first-order chi connectivity index (χ1) is 11.5. The van der Waals surface area contributed by atoms with Crippen LogP contribution in [0.4, 0.5) is 4.79 Å². The zero-order valence-corrected chi connectivity index (χ0v) is 18.7. The topological polar surface area (TPSA) is 35.6 Å². The Morgan fingerprint density at radius 3 is 2.27 bits per heavy atom. The molecular weight excluding hydrogens is 413 g/mol. The van der Waals surface area contributed by atoms with Gasteiger partial charge in [0.2, 0.25) is 0 Å². The van der Waals surface area contributed by atoms with Crippen molar-refractivity contribution >= 4 is 53.4 Å². The molecule has 0 radical (unpaired) electrons. The third kappa shape index (κ3) is 10.2. The van der Waals surface area contributed by atoms with Gasteiger partial charge < -0.3 is 10.2 Å². The zero-order valence-electron chi connectivity index (χ0n) is 15.4. The number of rotatable bonds is 7. The molecule has 26 heavy (non-hydrogen) atoms. The molecule has 2 rings (SSSR count). The number of halogens is 3. The summed E-state index contributed by atoms with van der Waals surface area (Å²) in [6.45, 7) is 10.5. The third-order valence-electron chi connectivity index (χ3n) is 4.04. The van der Waals surface area contributed by atoms with E-state index < -0.39 is 0 Å². The predicted octanol–water partition coefficient (Wildman–Crippen LogP) is 4.54. The number of benzene rings is 1. The average Bonchev–Trinajstić information content (AvgIpc) is 2.54. The molecule has 0 saturated carbocycles. The molecule has 1 saturated heterocycles. The second-order valence-electron chi connectivity index (χ2n) is 6.53. The van der Waals surface area contributed by atoms with Gasteiger partial charge in [0.25, 0.3) is 5.24 Å². The minimum Gasteiger partial charge on any atom is -0.345 e. The van der Waals surface area contributed by atoms with E-state index in [1.165, 1.54) is 17.3 Å². The Hall–Kier alpha value is -0.170. The second kappa shape index (κ2) is 13.9. The van der Waals surface area contributed by atoms with E-state index in [4.69, 9.17) is 11.6 Å². The van der Waals surface area contributed by atoms with E-state index in [0.29, 0.717) is 0 Å². The average molecular weight is 443 g/mol. The molecule has 0 aliphatic carbocycles. The molecule has 0 atom stereocenters. The van der Waals surface area contributed by atoms with Crippen molar-refractivity contribution in [3.8, 4) is 0 Å². The van der Waals surface area contributed by atoms with Gasteiger partial charge in [-0.25, -0.2) is 0 Å². The fourth-order valence-corrected chi connectivity index (χ4v) is 3.65. The van der Waals surface area contributed by atoms with Crippen molar-refractivity contribution in [3.05, 3.63) is 34.9 Å². The number of piperazine rings is 1. The molecule has 8 heteroatoms. The summed E-state index contributed by atoms with van der Waals surface area (Å²) in [5.74, 6) is 0.892. The Morgan fingerprint density at radius 2 is 1.69 bits per heavy atom. The summed E-state index contributed by atoms with van der Waals surface area (Å²) >= 11 is 7.33. The molecule has 0 unspecified atom stereocenters. The minimum absolute atomic E-state index is 0. The molecule has 1 aliphatic heterocycles. The SMILES string of the molecule is CC(C)NC(=O)SCCCN1CCN(Cc2ccc(Cl)cc2)CC1.Cl.Cl. The minimum atomic E-state index is 0. The van der Waals surface area contributed by atoms with Crippen LogP contribution in [0.2, 0.25) is 5.02 Å². The van der Waals surface area contributed by atoms with E-state index >= 15 is 0 Å². The quantitative estimate of drug-likeness (QED) is 0.629. The summed E-state index contributed by atoms with van der Waals surface area (Å²) in [4.78, 5) is 16.6. The number of nitrogens with one attached hydrogen (secondary N) is 1. The van der Waals surface area contributed by atoms with E-state index in [1.807, 2.05) is 26.0 Å². The fourth-order valence-electron chi connectivity index (χ4n) is 2.75. The van der Waals surface area contributed by atoms with Gasteiger partial charge in [0.05, 0.1) is 0 Å². The van der Waals surface area contributed by atoms with Gasteiger partial charge in [0.1, 0.15) is 0 Å². The molecule has 150 valence electrons. The summed E-state index contributed by atoms with van der Waals surface area (Å²) < 4.78 is 0. The highest BCUT2D eigenvalue weighted by molar-refractivity contribution is 8.13. The van der Waals surface area contributed by atoms with Crippen molar-refractivity contribution < 1.29 is 4.79 Å². The number of hydrogen-bond donors (Lipinski definition) is 1. The van der Waals surface area contributed by atoms with Crippen molar-refractivity contribution in [1.82, 2.24) is 15.1 Å². The second-order valence-corrected chi connectivity index (χ2v) is 8.04. The maximum atomic E-state index is 11.6. The molecular formula is C18H30Cl3N3OS. The number of hydrogen-bond acceptors (Lipinski definition) is 4. The third-order valence-corrected chi connectivity index (χ3v) is 5.17. The molecule has 0 aromatic heterocycles. The van der Waals surface area contributed by atoms with Crippen molar-refractivity contribution in [2.75, 3.05) is 38.5 Å². The van der Waals surface area contributed by atoms with Crippen LogP contribution >= 0.6 is 48.2 Å². The first-order valence-corrected chi connectivity index (χ1v) is 10.0. The summed E-state index contributed by atoms with van der Waals surface area (Å²) in [5, 5.41) is 3.80. The Kier molecular flexibility index (Phi) is 13.8. The number of carbonyl (C=O) groups excluding carboxylic acids is 1. The molecule has 0 bridgehead atoms. The Bertz CT molecular complexity index is 509. The van der Waals surface area contributed by atoms with E-state index in [1.54, 1.807) is 0 Å². The van der Waals surface area contributed by atoms with Gasteiger partial charge in [0.15, 0.2) is 0 Å². The van der Waals surface area contributed by atoms with Crippen LogP contribution in [0.25, 0.3) is 0 Å². The van der Waals surface area contributed by atoms with Crippen LogP contribution in [0.15, 0.2) is 24.3 Å². The lowest BCUT2D eigenvalue weighted by atomic mass is 10.2. The normalized spacial score (nSPS) is 15.2. The first-order valence-electron chi connectivity index (χ1n) is 8.65. The van der Waals surface area contributed by atoms with E-state index in [9.17, 15) is 4.79 Å². The number of carbonyl (C=O) groups is 1. The van der Waals surface area contributed by atoms with Gasteiger partial charge in [-0.15, -0.1) is 24.8 Å². The zero-order chi connectivity index (χ0) is 17.4. The molecule has 1 aliphatic rings. The van der Waals surface area contributed by atoms with Gasteiger partial charge >= 0.3 is 0 Å². The monoisotopic (exact) mass is 441 g/mol. The number of thioether (sulfide) groups is 1. The van der Waals surface area contributed by atoms with Crippen LogP contribution in [0.3, 0.4) is 0 Å². The number of amides is 1. The highest BCUT2D eigenvalue weighted by Crippen LogP contribution is 2.13. The van der Waals surface area contributed by atoms with Gasteiger partial charge in [-0.3, -0.25) is 9.69 Å². The highest BCUT2D eigenvalue weighted by Gasteiger charge is 2.16. The predicted molar refractivity (Wildman–Crippen MR) is 118 cm³/mol. The molecule has 1 aromatic rings. The summed E-state index contributed by atoms with van der Waals surface area (Å²) in [6, 6.07) is 8.35. The van der Waals surface area contributed by atoms with Crippen LogP contribution < -0.4 is 5.32 Å². The van der Waals surface area contributed by atoms with Crippen molar-refractivity contribution in [2.45, 2.75) is 32.9 Å². The standard InChI is InChI=1S/C18H28ClN3OS.2ClH/c1-15(2)20-18(23)24-13-3-8-21-9-11-22(12-10-21)14-16-4-6-17(19)7-5-16;;/h4-7,15H,3,8-14H2,1-2H3,(H,20,23);2*1H. The fraction of sp³-hybridized carbons (Fsp3) is 0.611. The summed E-state index contributed by atoms with van der Waals surface area (Å²) in [7, 11) is 0. The summed E-state index contributed by atoms with van der Waals surface area (Å²) in [5.41, 5.74) is 1.32. The van der Waals surface area contributed by atoms with E-state index in [2.05, 4.69) is 27.2 Å². The molecule has 1 fully saturated rings. The molecule has 1 heterocycles. The van der Waals surface area contributed by atoms with E-state index in [0.717, 1.165) is 56.5 Å². The van der Waals surface area contributed by atoms with Gasteiger partial charge in [0, 0.05) is 49.5 Å². The molecule has 1 amide bonds. The van der Waals surface area contributed by atoms with Gasteiger partial charge in [-0.2, -0.15) is 0 Å². The van der Waals surface area contributed by atoms with Gasteiger partial charge in [-0.05, 0) is 44.5 Å². The maximum absolute atomic E-state index is 11.6. The molecule has 4 nitrogen and oxygen atoms in total. The first kappa shape index (κ1) is 25.8. The van der Waals surface area contributed by atoms with Crippen molar-refractivity contribution in [3.63, 3.8) is 0 Å². The molecule has 1 N–H and O–H groups in total. The van der Waals surface area contributed by atoms with Crippen LogP contribution in [-0.2, 0) is 6.54 Å². The Labute approximate surface area is 179 Å². The van der Waals surface area contributed by atoms with E-state index in [-0.39, 0.29) is 36.1 Å². The number of nitrogens with zero attached hydrogens (tertiary/aromatic N) is 2. The lowest BCUT2D eigenvalue weighted by Gasteiger charge is -2.34. The van der Waals surface area contributed by atoms with Crippen LogP contribution in [0, 0.1) is 0 Å². The van der Waals surface area contributed by atoms with Crippen LogP contribution in [-0.4, -0.2) is 59.6 Å². The van der Waals surface area contributed by atoms with Crippen molar-refractivity contribution in [2.24, 2.45) is 0 Å². The molecule has 0 spiro atoms. The Morgan fingerprint density at radius 1 is 1.12 bits per heavy atom. The van der Waals surface area contributed by atoms with Gasteiger partial charge in [-0.1, -0.05) is 35.5 Å². The highest BCUT2D eigenvalue weighted by atomic mass is 35.5.